The highest BCUT2D eigenvalue weighted by Crippen LogP contribution is 2.28. The minimum Gasteiger partial charge on any atom is -0.496 e. The smallest absolute Gasteiger partial charge is 0.170 e. The normalized spacial score (nSPS) is 10.5. The van der Waals surface area contributed by atoms with Gasteiger partial charge in [-0.25, -0.2) is 4.98 Å². The van der Waals surface area contributed by atoms with Crippen LogP contribution in [0.25, 0.3) is 0 Å². The van der Waals surface area contributed by atoms with Crippen molar-refractivity contribution in [2.75, 3.05) is 7.11 Å². The van der Waals surface area contributed by atoms with Gasteiger partial charge in [-0.1, -0.05) is 17.8 Å². The van der Waals surface area contributed by atoms with Crippen LogP contribution in [0, 0.1) is 0 Å². The Morgan fingerprint density at radius 1 is 1.47 bits per heavy atom. The Bertz CT molecular complexity index is 474. The number of nitrogens with zero attached hydrogens (tertiary/aromatic N) is 2. The first kappa shape index (κ1) is 12.3. The third kappa shape index (κ3) is 3.18. The molecule has 0 spiro atoms. The van der Waals surface area contributed by atoms with Gasteiger partial charge in [-0.2, -0.15) is 4.37 Å². The molecule has 0 atom stereocenters. The van der Waals surface area contributed by atoms with E-state index in [1.54, 1.807) is 25.2 Å². The molecule has 1 aromatic heterocycles. The van der Waals surface area contributed by atoms with E-state index in [1.807, 2.05) is 12.1 Å². The molecule has 0 saturated heterocycles. The van der Waals surface area contributed by atoms with Crippen molar-refractivity contribution >= 4 is 23.3 Å². The molecule has 0 radical (unpaired) electrons. The summed E-state index contributed by atoms with van der Waals surface area (Å²) in [7, 11) is 1.68. The quantitative estimate of drug-likeness (QED) is 0.842. The van der Waals surface area contributed by atoms with E-state index in [1.165, 1.54) is 11.5 Å². The lowest BCUT2D eigenvalue weighted by Crippen LogP contribution is -1.98. The summed E-state index contributed by atoms with van der Waals surface area (Å²) in [6.07, 6.45) is 1.57. The third-order valence-corrected chi connectivity index (χ3v) is 4.12. The molecule has 0 aliphatic heterocycles. The summed E-state index contributed by atoms with van der Waals surface area (Å²) in [6, 6.07) is 6.02. The number of ether oxygens (including phenoxy) is 1. The molecule has 4 nitrogen and oxygen atoms in total. The molecule has 0 amide bonds. The Morgan fingerprint density at radius 2 is 2.35 bits per heavy atom. The van der Waals surface area contributed by atoms with Crippen molar-refractivity contribution in [2.24, 2.45) is 5.73 Å². The molecule has 1 heterocycles. The Labute approximate surface area is 108 Å². The number of nitrogens with two attached hydrogens (primary N) is 1. The Hall–Kier alpha value is -1.11. The monoisotopic (exact) mass is 267 g/mol. The number of rotatable bonds is 5. The molecule has 0 bridgehead atoms. The second kappa shape index (κ2) is 6.00. The van der Waals surface area contributed by atoms with Crippen molar-refractivity contribution < 1.29 is 4.74 Å². The standard InChI is InChI=1S/C11H13N3OS2/c1-15-10-3-2-8(5-12)4-9(10)6-16-11-13-7-14-17-11/h2-4,7H,5-6,12H2,1H3. The Balaban J connectivity index is 2.12. The van der Waals surface area contributed by atoms with Gasteiger partial charge >= 0.3 is 0 Å². The third-order valence-electron chi connectivity index (χ3n) is 2.27. The van der Waals surface area contributed by atoms with Crippen LogP contribution in [0.1, 0.15) is 11.1 Å². The Kier molecular flexibility index (Phi) is 4.36. The first-order chi connectivity index (χ1) is 8.33. The summed E-state index contributed by atoms with van der Waals surface area (Å²) in [5, 5.41) is 0. The summed E-state index contributed by atoms with van der Waals surface area (Å²) < 4.78 is 10.3. The molecule has 1 aromatic carbocycles. The molecule has 2 aromatic rings. The van der Waals surface area contributed by atoms with Gasteiger partial charge in [-0.05, 0) is 29.2 Å². The van der Waals surface area contributed by atoms with Gasteiger partial charge < -0.3 is 10.5 Å². The number of benzene rings is 1. The van der Waals surface area contributed by atoms with E-state index in [2.05, 4.69) is 15.4 Å². The van der Waals surface area contributed by atoms with Crippen molar-refractivity contribution in [3.8, 4) is 5.75 Å². The fraction of sp³-hybridized carbons (Fsp3) is 0.273. The lowest BCUT2D eigenvalue weighted by atomic mass is 10.1. The van der Waals surface area contributed by atoms with Crippen LogP contribution < -0.4 is 10.5 Å². The summed E-state index contributed by atoms with van der Waals surface area (Å²) >= 11 is 3.05. The first-order valence-electron chi connectivity index (χ1n) is 5.09. The zero-order valence-electron chi connectivity index (χ0n) is 9.42. The van der Waals surface area contributed by atoms with Gasteiger partial charge in [0.1, 0.15) is 12.1 Å². The second-order valence-electron chi connectivity index (χ2n) is 3.35. The molecule has 2 N–H and O–H groups in total. The summed E-state index contributed by atoms with van der Waals surface area (Å²) in [6.45, 7) is 0.542. The first-order valence-corrected chi connectivity index (χ1v) is 6.84. The van der Waals surface area contributed by atoms with E-state index in [0.29, 0.717) is 6.54 Å². The molecule has 6 heteroatoms. The molecule has 0 aliphatic rings. The van der Waals surface area contributed by atoms with Gasteiger partial charge in [-0.3, -0.25) is 0 Å². The number of aromatic nitrogens is 2. The second-order valence-corrected chi connectivity index (χ2v) is 5.35. The minimum absolute atomic E-state index is 0.542. The van der Waals surface area contributed by atoms with E-state index in [-0.39, 0.29) is 0 Å². The fourth-order valence-electron chi connectivity index (χ4n) is 1.44. The van der Waals surface area contributed by atoms with Crippen molar-refractivity contribution in [1.82, 2.24) is 9.36 Å². The van der Waals surface area contributed by atoms with Crippen molar-refractivity contribution in [1.29, 1.82) is 0 Å². The molecule has 0 unspecified atom stereocenters. The van der Waals surface area contributed by atoms with E-state index >= 15 is 0 Å². The van der Waals surface area contributed by atoms with E-state index in [4.69, 9.17) is 10.5 Å². The van der Waals surface area contributed by atoms with Crippen molar-refractivity contribution in [3.05, 3.63) is 35.7 Å². The molecule has 0 fully saturated rings. The maximum absolute atomic E-state index is 5.63. The average molecular weight is 267 g/mol. The van der Waals surface area contributed by atoms with Gasteiger partial charge in [0.05, 0.1) is 7.11 Å². The lowest BCUT2D eigenvalue weighted by Gasteiger charge is -2.09. The molecule has 0 saturated carbocycles. The highest BCUT2D eigenvalue weighted by Gasteiger charge is 2.06. The topological polar surface area (TPSA) is 61.0 Å². The van der Waals surface area contributed by atoms with Gasteiger partial charge in [0.2, 0.25) is 0 Å². The molecular formula is C11H13N3OS2. The highest BCUT2D eigenvalue weighted by atomic mass is 32.2. The molecule has 0 aliphatic carbocycles. The fourth-order valence-corrected chi connectivity index (χ4v) is 2.86. The SMILES string of the molecule is COc1ccc(CN)cc1CSc1ncns1. The van der Waals surface area contributed by atoms with Crippen LogP contribution in [0.15, 0.2) is 28.9 Å². The molecular weight excluding hydrogens is 254 g/mol. The summed E-state index contributed by atoms with van der Waals surface area (Å²) in [5.41, 5.74) is 7.88. The summed E-state index contributed by atoms with van der Waals surface area (Å²) in [5.74, 6) is 1.70. The van der Waals surface area contributed by atoms with Gasteiger partial charge in [-0.15, -0.1) is 0 Å². The van der Waals surface area contributed by atoms with E-state index in [0.717, 1.165) is 27.0 Å². The number of thioether (sulfide) groups is 1. The van der Waals surface area contributed by atoms with Crippen LogP contribution in [-0.4, -0.2) is 16.5 Å². The number of hydrogen-bond donors (Lipinski definition) is 1. The van der Waals surface area contributed by atoms with Crippen LogP contribution in [0.4, 0.5) is 0 Å². The van der Waals surface area contributed by atoms with Gasteiger partial charge in [0.25, 0.3) is 0 Å². The zero-order chi connectivity index (χ0) is 12.1. The predicted octanol–water partition coefficient (Wildman–Crippen LogP) is 2.30. The van der Waals surface area contributed by atoms with E-state index in [9.17, 15) is 0 Å². The number of methoxy groups -OCH3 is 1. The van der Waals surface area contributed by atoms with Crippen LogP contribution in [0.5, 0.6) is 5.75 Å². The predicted molar refractivity (Wildman–Crippen MR) is 70.4 cm³/mol. The lowest BCUT2D eigenvalue weighted by molar-refractivity contribution is 0.411. The van der Waals surface area contributed by atoms with Crippen molar-refractivity contribution in [2.45, 2.75) is 16.6 Å². The van der Waals surface area contributed by atoms with Crippen LogP contribution in [0.3, 0.4) is 0 Å². The zero-order valence-corrected chi connectivity index (χ0v) is 11.1. The largest absolute Gasteiger partial charge is 0.496 e. The van der Waals surface area contributed by atoms with Gasteiger partial charge in [0.15, 0.2) is 4.34 Å². The van der Waals surface area contributed by atoms with Crippen LogP contribution in [-0.2, 0) is 12.3 Å². The molecule has 2 rings (SSSR count). The minimum atomic E-state index is 0.542. The number of hydrogen-bond acceptors (Lipinski definition) is 6. The maximum atomic E-state index is 5.63. The van der Waals surface area contributed by atoms with Gasteiger partial charge in [0, 0.05) is 17.9 Å². The Morgan fingerprint density at radius 3 is 3.00 bits per heavy atom. The maximum Gasteiger partial charge on any atom is 0.170 e. The van der Waals surface area contributed by atoms with Crippen molar-refractivity contribution in [3.63, 3.8) is 0 Å². The van der Waals surface area contributed by atoms with E-state index < -0.39 is 0 Å². The highest BCUT2D eigenvalue weighted by molar-refractivity contribution is 8.00. The molecule has 17 heavy (non-hydrogen) atoms. The van der Waals surface area contributed by atoms with Crippen LogP contribution in [0.2, 0.25) is 0 Å². The van der Waals surface area contributed by atoms with Crippen LogP contribution >= 0.6 is 23.3 Å². The molecule has 90 valence electrons. The average Bonchev–Trinajstić information content (AvgIpc) is 2.89. The summed E-state index contributed by atoms with van der Waals surface area (Å²) in [4.78, 5) is 4.13.